The van der Waals surface area contributed by atoms with Crippen LogP contribution in [0.3, 0.4) is 0 Å². The number of amides is 3. The van der Waals surface area contributed by atoms with Crippen LogP contribution in [0.25, 0.3) is 11.2 Å². The largest absolute Gasteiger partial charge is 0.455 e. The zero-order valence-corrected chi connectivity index (χ0v) is 18.2. The molecule has 0 atom stereocenters. The first kappa shape index (κ1) is 22.3. The van der Waals surface area contributed by atoms with Gasteiger partial charge in [0.05, 0.1) is 29.5 Å². The Morgan fingerprint density at radius 1 is 1.06 bits per heavy atom. The van der Waals surface area contributed by atoms with E-state index in [-0.39, 0.29) is 11.4 Å². The third kappa shape index (κ3) is 4.03. The van der Waals surface area contributed by atoms with Crippen molar-refractivity contribution in [1.29, 1.82) is 0 Å². The van der Waals surface area contributed by atoms with Crippen LogP contribution in [0.5, 0.6) is 11.5 Å². The number of halogens is 3. The number of hydrogen-bond acceptors (Lipinski definition) is 6. The van der Waals surface area contributed by atoms with Gasteiger partial charge in [0.25, 0.3) is 5.91 Å². The lowest BCUT2D eigenvalue weighted by molar-refractivity contribution is -0.137. The highest BCUT2D eigenvalue weighted by Gasteiger charge is 2.39. The fourth-order valence-electron chi connectivity index (χ4n) is 3.80. The highest BCUT2D eigenvalue weighted by molar-refractivity contribution is 6.27. The number of rotatable bonds is 5. The number of H-pyrrole nitrogens is 1. The van der Waals surface area contributed by atoms with Gasteiger partial charge in [-0.3, -0.25) is 14.7 Å². The maximum atomic E-state index is 13.1. The Morgan fingerprint density at radius 3 is 2.66 bits per heavy atom. The number of ether oxygens (including phenoxy) is 1. The number of benzene rings is 1. The first-order chi connectivity index (χ1) is 16.8. The van der Waals surface area contributed by atoms with Crippen molar-refractivity contribution in [1.82, 2.24) is 19.9 Å². The van der Waals surface area contributed by atoms with Gasteiger partial charge in [0.2, 0.25) is 0 Å². The molecule has 0 aliphatic carbocycles. The molecule has 5 rings (SSSR count). The number of carbonyl (C=O) groups is 2. The van der Waals surface area contributed by atoms with Crippen molar-refractivity contribution in [2.45, 2.75) is 19.5 Å². The van der Waals surface area contributed by atoms with E-state index in [1.807, 2.05) is 6.92 Å². The lowest BCUT2D eigenvalue weighted by Crippen LogP contribution is -2.33. The summed E-state index contributed by atoms with van der Waals surface area (Å²) in [5, 5.41) is 0. The zero-order chi connectivity index (χ0) is 24.7. The number of imide groups is 1. The van der Waals surface area contributed by atoms with Gasteiger partial charge in [-0.2, -0.15) is 13.2 Å². The number of pyridine rings is 2. The van der Waals surface area contributed by atoms with Crippen molar-refractivity contribution in [2.75, 3.05) is 16.3 Å². The first-order valence-corrected chi connectivity index (χ1v) is 10.5. The van der Waals surface area contributed by atoms with Gasteiger partial charge in [-0.15, -0.1) is 0 Å². The summed E-state index contributed by atoms with van der Waals surface area (Å²) in [6.45, 7) is 1.48. The Kier molecular flexibility index (Phi) is 5.35. The molecule has 0 radical (unpaired) electrons. The highest BCUT2D eigenvalue weighted by atomic mass is 19.4. The van der Waals surface area contributed by atoms with Crippen LogP contribution in [0.2, 0.25) is 0 Å². The molecular formula is C23H17F3N6O3. The van der Waals surface area contributed by atoms with E-state index >= 15 is 0 Å². The lowest BCUT2D eigenvalue weighted by Gasteiger charge is -2.19. The number of aromatic nitrogens is 4. The molecule has 0 bridgehead atoms. The van der Waals surface area contributed by atoms with Gasteiger partial charge in [0.15, 0.2) is 11.4 Å². The van der Waals surface area contributed by atoms with E-state index in [9.17, 15) is 22.8 Å². The average Bonchev–Trinajstić information content (AvgIpc) is 3.43. The van der Waals surface area contributed by atoms with E-state index in [0.29, 0.717) is 40.8 Å². The van der Waals surface area contributed by atoms with Gasteiger partial charge < -0.3 is 9.72 Å². The quantitative estimate of drug-likeness (QED) is 0.414. The molecule has 0 spiro atoms. The molecule has 12 heteroatoms. The zero-order valence-electron chi connectivity index (χ0n) is 18.2. The number of aryl methyl sites for hydroxylation is 1. The van der Waals surface area contributed by atoms with Crippen molar-refractivity contribution in [3.8, 4) is 11.5 Å². The van der Waals surface area contributed by atoms with Gasteiger partial charge >= 0.3 is 12.2 Å². The SMILES string of the molecule is CCc1cc(N2C(=O)CN(c3cncc(C(F)(F)F)c3)C2=O)ccc1Oc1ccnc2nc[nH]c12. The second kappa shape index (κ2) is 8.38. The topological polar surface area (TPSA) is 104 Å². The van der Waals surface area contributed by atoms with Gasteiger partial charge in [-0.25, -0.2) is 19.7 Å². The minimum Gasteiger partial charge on any atom is -0.455 e. The fourth-order valence-corrected chi connectivity index (χ4v) is 3.80. The van der Waals surface area contributed by atoms with Crippen LogP contribution < -0.4 is 14.5 Å². The van der Waals surface area contributed by atoms with E-state index < -0.39 is 30.2 Å². The van der Waals surface area contributed by atoms with Crippen molar-refractivity contribution >= 4 is 34.5 Å². The summed E-state index contributed by atoms with van der Waals surface area (Å²) in [5.41, 5.74) is 0.992. The summed E-state index contributed by atoms with van der Waals surface area (Å²) in [5.74, 6) is 0.444. The fraction of sp³-hybridized carbons (Fsp3) is 0.174. The molecule has 9 nitrogen and oxygen atoms in total. The van der Waals surface area contributed by atoms with Crippen LogP contribution >= 0.6 is 0 Å². The summed E-state index contributed by atoms with van der Waals surface area (Å²) in [6, 6.07) is 6.53. The Labute approximate surface area is 196 Å². The molecular weight excluding hydrogens is 465 g/mol. The maximum Gasteiger partial charge on any atom is 0.417 e. The van der Waals surface area contributed by atoms with Crippen molar-refractivity contribution in [3.05, 3.63) is 66.4 Å². The molecule has 4 aromatic rings. The van der Waals surface area contributed by atoms with Gasteiger partial charge in [-0.1, -0.05) is 6.92 Å². The van der Waals surface area contributed by atoms with Crippen LogP contribution in [0.4, 0.5) is 29.3 Å². The van der Waals surface area contributed by atoms with Crippen LogP contribution in [-0.4, -0.2) is 38.4 Å². The molecule has 1 aliphatic heterocycles. The number of hydrogen-bond donors (Lipinski definition) is 1. The number of carbonyl (C=O) groups excluding carboxylic acids is 2. The summed E-state index contributed by atoms with van der Waals surface area (Å²) in [4.78, 5) is 42.4. The smallest absolute Gasteiger partial charge is 0.417 e. The summed E-state index contributed by atoms with van der Waals surface area (Å²) < 4.78 is 45.3. The number of anilines is 2. The number of aromatic amines is 1. The Morgan fingerprint density at radius 2 is 1.89 bits per heavy atom. The molecule has 3 aromatic heterocycles. The van der Waals surface area contributed by atoms with Gasteiger partial charge in [0.1, 0.15) is 17.8 Å². The second-order valence-corrected chi connectivity index (χ2v) is 7.69. The molecule has 35 heavy (non-hydrogen) atoms. The molecule has 1 fully saturated rings. The summed E-state index contributed by atoms with van der Waals surface area (Å²) >= 11 is 0. The minimum atomic E-state index is -4.63. The third-order valence-corrected chi connectivity index (χ3v) is 5.52. The van der Waals surface area contributed by atoms with E-state index in [2.05, 4.69) is 19.9 Å². The van der Waals surface area contributed by atoms with Crippen LogP contribution in [-0.2, 0) is 17.4 Å². The molecule has 0 saturated carbocycles. The number of fused-ring (bicyclic) bond motifs is 1. The Bertz CT molecular complexity index is 1450. The molecule has 1 aromatic carbocycles. The predicted molar refractivity (Wildman–Crippen MR) is 119 cm³/mol. The van der Waals surface area contributed by atoms with E-state index in [0.717, 1.165) is 22.1 Å². The standard InChI is InChI=1S/C23H17F3N6O3/c1-2-13-7-15(3-4-17(13)35-18-5-6-28-21-20(18)29-12-30-21)32-19(33)11-31(22(32)34)16-8-14(9-27-10-16)23(24,25)26/h3-10,12H,2,11H2,1H3,(H,28,29,30). The minimum absolute atomic E-state index is 0.113. The summed E-state index contributed by atoms with van der Waals surface area (Å²) in [7, 11) is 0. The van der Waals surface area contributed by atoms with Crippen molar-refractivity contribution in [3.63, 3.8) is 0 Å². The number of nitrogens with zero attached hydrogens (tertiary/aromatic N) is 5. The van der Waals surface area contributed by atoms with Crippen LogP contribution in [0, 0.1) is 0 Å². The maximum absolute atomic E-state index is 13.1. The lowest BCUT2D eigenvalue weighted by atomic mass is 10.1. The molecule has 178 valence electrons. The number of alkyl halides is 3. The Balaban J connectivity index is 1.44. The molecule has 1 N–H and O–H groups in total. The normalized spacial score (nSPS) is 14.3. The molecule has 0 unspecified atom stereocenters. The summed E-state index contributed by atoms with van der Waals surface area (Å²) in [6.07, 6.45) is 0.747. The molecule has 1 aliphatic rings. The van der Waals surface area contributed by atoms with Crippen LogP contribution in [0.15, 0.2) is 55.2 Å². The number of imidazole rings is 1. The van der Waals surface area contributed by atoms with Crippen molar-refractivity contribution in [2.24, 2.45) is 0 Å². The molecule has 3 amide bonds. The Hall–Kier alpha value is -4.48. The monoisotopic (exact) mass is 482 g/mol. The van der Waals surface area contributed by atoms with E-state index in [4.69, 9.17) is 4.74 Å². The molecule has 1 saturated heterocycles. The second-order valence-electron chi connectivity index (χ2n) is 7.69. The first-order valence-electron chi connectivity index (χ1n) is 10.5. The van der Waals surface area contributed by atoms with Crippen LogP contribution in [0.1, 0.15) is 18.1 Å². The average molecular weight is 482 g/mol. The van der Waals surface area contributed by atoms with E-state index in [1.54, 1.807) is 30.5 Å². The number of nitrogens with one attached hydrogen (secondary N) is 1. The van der Waals surface area contributed by atoms with Gasteiger partial charge in [-0.05, 0) is 36.2 Å². The third-order valence-electron chi connectivity index (χ3n) is 5.52. The predicted octanol–water partition coefficient (Wildman–Crippen LogP) is 4.70. The molecule has 4 heterocycles. The van der Waals surface area contributed by atoms with Gasteiger partial charge in [0, 0.05) is 18.5 Å². The number of urea groups is 1. The van der Waals surface area contributed by atoms with E-state index in [1.165, 1.54) is 6.33 Å². The van der Waals surface area contributed by atoms with Crippen molar-refractivity contribution < 1.29 is 27.5 Å². The highest BCUT2D eigenvalue weighted by Crippen LogP contribution is 2.35.